The molecule has 130 valence electrons. The molecule has 3 aromatic rings. The third kappa shape index (κ3) is 3.06. The van der Waals surface area contributed by atoms with Crippen LogP contribution in [0.25, 0.3) is 10.9 Å². The van der Waals surface area contributed by atoms with Gasteiger partial charge in [0.25, 0.3) is 5.91 Å². The van der Waals surface area contributed by atoms with E-state index in [1.165, 1.54) is 10.9 Å². The predicted molar refractivity (Wildman–Crippen MR) is 106 cm³/mol. The number of carbonyl (C=O) groups excluding carboxylic acids is 1. The van der Waals surface area contributed by atoms with Crippen molar-refractivity contribution in [2.45, 2.75) is 18.8 Å². The number of aromatic nitrogens is 1. The van der Waals surface area contributed by atoms with E-state index in [0.717, 1.165) is 29.7 Å². The van der Waals surface area contributed by atoms with Crippen LogP contribution < -0.4 is 0 Å². The molecule has 7 heteroatoms. The van der Waals surface area contributed by atoms with Crippen LogP contribution in [0, 0.1) is 0 Å². The minimum Gasteiger partial charge on any atom is -0.361 e. The molecule has 1 fully saturated rings. The number of para-hydroxylation sites is 1. The van der Waals surface area contributed by atoms with E-state index in [-0.39, 0.29) is 16.0 Å². The van der Waals surface area contributed by atoms with E-state index in [1.807, 2.05) is 11.0 Å². The summed E-state index contributed by atoms with van der Waals surface area (Å²) in [5, 5.41) is 1.80. The molecule has 1 N–H and O–H groups in total. The first kappa shape index (κ1) is 17.2. The zero-order valence-electron chi connectivity index (χ0n) is 13.2. The number of carbonyl (C=O) groups is 1. The van der Waals surface area contributed by atoms with Crippen LogP contribution in [0.1, 0.15) is 34.0 Å². The molecule has 0 atom stereocenters. The van der Waals surface area contributed by atoms with Gasteiger partial charge in [0.2, 0.25) is 0 Å². The van der Waals surface area contributed by atoms with Crippen molar-refractivity contribution in [3.63, 3.8) is 0 Å². The molecule has 3 heterocycles. The second kappa shape index (κ2) is 6.84. The number of fused-ring (bicyclic) bond motifs is 1. The number of likely N-dealkylation sites (tertiary alicyclic amines) is 1. The van der Waals surface area contributed by atoms with Gasteiger partial charge in [-0.15, -0.1) is 11.3 Å². The van der Waals surface area contributed by atoms with Crippen LogP contribution in [0.4, 0.5) is 0 Å². The maximum Gasteiger partial charge on any atom is 0.265 e. The summed E-state index contributed by atoms with van der Waals surface area (Å²) >= 11 is 19.3. The molecule has 2 aromatic heterocycles. The lowest BCUT2D eigenvalue weighted by Crippen LogP contribution is -2.37. The molecular formula is C18H15Cl3N2OS. The minimum absolute atomic E-state index is 0.0822. The topological polar surface area (TPSA) is 36.1 Å². The van der Waals surface area contributed by atoms with Crippen molar-refractivity contribution in [3.05, 3.63) is 55.3 Å². The number of halogens is 3. The normalized spacial score (nSPS) is 15.9. The number of hydrogen-bond donors (Lipinski definition) is 1. The number of nitrogens with zero attached hydrogens (tertiary/aromatic N) is 1. The molecule has 0 saturated carbocycles. The number of rotatable bonds is 2. The Balaban J connectivity index is 1.49. The summed E-state index contributed by atoms with van der Waals surface area (Å²) in [5.41, 5.74) is 2.49. The van der Waals surface area contributed by atoms with E-state index in [2.05, 4.69) is 29.4 Å². The molecule has 1 aliphatic rings. The summed E-state index contributed by atoms with van der Waals surface area (Å²) in [5.74, 6) is 0.368. The van der Waals surface area contributed by atoms with Crippen LogP contribution in [0.3, 0.4) is 0 Å². The minimum atomic E-state index is -0.0822. The number of thiophene rings is 1. The van der Waals surface area contributed by atoms with Crippen LogP contribution in [0.5, 0.6) is 0 Å². The Morgan fingerprint density at radius 1 is 1.12 bits per heavy atom. The van der Waals surface area contributed by atoms with Crippen LogP contribution >= 0.6 is 46.1 Å². The largest absolute Gasteiger partial charge is 0.361 e. The molecule has 25 heavy (non-hydrogen) atoms. The van der Waals surface area contributed by atoms with E-state index in [1.54, 1.807) is 0 Å². The van der Waals surface area contributed by atoms with Crippen LogP contribution in [-0.4, -0.2) is 28.9 Å². The molecule has 0 radical (unpaired) electrons. The van der Waals surface area contributed by atoms with Gasteiger partial charge in [-0.2, -0.15) is 0 Å². The lowest BCUT2D eigenvalue weighted by Gasteiger charge is -2.31. The van der Waals surface area contributed by atoms with Gasteiger partial charge in [-0.05, 0) is 30.4 Å². The molecule has 0 aliphatic carbocycles. The molecule has 1 amide bonds. The fraction of sp³-hybridized carbons (Fsp3) is 0.278. The molecule has 0 bridgehead atoms. The second-order valence-corrected chi connectivity index (χ2v) is 8.57. The van der Waals surface area contributed by atoms with Crippen molar-refractivity contribution >= 4 is 62.9 Å². The molecule has 0 unspecified atom stereocenters. The van der Waals surface area contributed by atoms with Crippen LogP contribution in [0.2, 0.25) is 14.4 Å². The smallest absolute Gasteiger partial charge is 0.265 e. The molecule has 1 aromatic carbocycles. The van der Waals surface area contributed by atoms with E-state index in [0.29, 0.717) is 28.2 Å². The highest BCUT2D eigenvalue weighted by molar-refractivity contribution is 7.19. The number of aromatic amines is 1. The highest BCUT2D eigenvalue weighted by Crippen LogP contribution is 2.41. The molecule has 0 spiro atoms. The maximum atomic E-state index is 12.7. The van der Waals surface area contributed by atoms with Crippen molar-refractivity contribution < 1.29 is 4.79 Å². The standard InChI is InChI=1S/C18H15Cl3N2OS/c19-14-15(20)17(21)25-16(14)18(24)23-7-5-10(6-8-23)12-9-22-13-4-2-1-3-11(12)13/h1-4,9-10,22H,5-8H2. The first-order valence-electron chi connectivity index (χ1n) is 8.05. The summed E-state index contributed by atoms with van der Waals surface area (Å²) in [6, 6.07) is 8.33. The molecule has 3 nitrogen and oxygen atoms in total. The fourth-order valence-corrected chi connectivity index (χ4v) is 5.24. The fourth-order valence-electron chi connectivity index (χ4n) is 3.47. The Bertz CT molecular complexity index is 941. The Morgan fingerprint density at radius 3 is 2.52 bits per heavy atom. The summed E-state index contributed by atoms with van der Waals surface area (Å²) in [6.07, 6.45) is 3.96. The average molecular weight is 414 g/mol. The lowest BCUT2D eigenvalue weighted by molar-refractivity contribution is 0.0718. The van der Waals surface area contributed by atoms with Gasteiger partial charge in [-0.25, -0.2) is 0 Å². The van der Waals surface area contributed by atoms with E-state index >= 15 is 0 Å². The van der Waals surface area contributed by atoms with Crippen molar-refractivity contribution in [2.75, 3.05) is 13.1 Å². The third-order valence-corrected chi connectivity index (χ3v) is 7.35. The van der Waals surface area contributed by atoms with Crippen molar-refractivity contribution in [3.8, 4) is 0 Å². The van der Waals surface area contributed by atoms with E-state index in [4.69, 9.17) is 34.8 Å². The highest BCUT2D eigenvalue weighted by atomic mass is 35.5. The van der Waals surface area contributed by atoms with Crippen LogP contribution in [-0.2, 0) is 0 Å². The van der Waals surface area contributed by atoms with Gasteiger partial charge >= 0.3 is 0 Å². The summed E-state index contributed by atoms with van der Waals surface area (Å²) in [4.78, 5) is 18.3. The van der Waals surface area contributed by atoms with Crippen molar-refractivity contribution in [1.82, 2.24) is 9.88 Å². The predicted octanol–water partition coefficient (Wildman–Crippen LogP) is 6.21. The highest BCUT2D eigenvalue weighted by Gasteiger charge is 2.29. The molecule has 1 saturated heterocycles. The number of nitrogens with one attached hydrogen (secondary N) is 1. The first-order valence-corrected chi connectivity index (χ1v) is 10.00. The van der Waals surface area contributed by atoms with Gasteiger partial charge in [0, 0.05) is 30.2 Å². The average Bonchev–Trinajstić information content (AvgIpc) is 3.18. The SMILES string of the molecule is O=C(c1sc(Cl)c(Cl)c1Cl)N1CCC(c2c[nH]c3ccccc23)CC1. The van der Waals surface area contributed by atoms with Crippen molar-refractivity contribution in [2.24, 2.45) is 0 Å². The Hall–Kier alpha value is -1.20. The first-order chi connectivity index (χ1) is 12.1. The van der Waals surface area contributed by atoms with Gasteiger partial charge in [-0.1, -0.05) is 53.0 Å². The summed E-state index contributed by atoms with van der Waals surface area (Å²) in [6.45, 7) is 1.40. The third-order valence-electron chi connectivity index (χ3n) is 4.79. The Kier molecular flexibility index (Phi) is 4.71. The monoisotopic (exact) mass is 412 g/mol. The van der Waals surface area contributed by atoms with Gasteiger partial charge in [-0.3, -0.25) is 4.79 Å². The lowest BCUT2D eigenvalue weighted by atomic mass is 9.89. The number of hydrogen-bond acceptors (Lipinski definition) is 2. The zero-order chi connectivity index (χ0) is 17.6. The van der Waals surface area contributed by atoms with Gasteiger partial charge in [0.15, 0.2) is 0 Å². The number of benzene rings is 1. The van der Waals surface area contributed by atoms with Crippen molar-refractivity contribution in [1.29, 1.82) is 0 Å². The number of piperidine rings is 1. The number of amides is 1. The van der Waals surface area contributed by atoms with Crippen LogP contribution in [0.15, 0.2) is 30.5 Å². The molecule has 4 rings (SSSR count). The summed E-state index contributed by atoms with van der Waals surface area (Å²) in [7, 11) is 0. The quantitative estimate of drug-likeness (QED) is 0.532. The Labute approximate surface area is 164 Å². The van der Waals surface area contributed by atoms with E-state index < -0.39 is 0 Å². The van der Waals surface area contributed by atoms with Gasteiger partial charge in [0.1, 0.15) is 9.21 Å². The van der Waals surface area contributed by atoms with E-state index in [9.17, 15) is 4.79 Å². The molecular weight excluding hydrogens is 399 g/mol. The Morgan fingerprint density at radius 2 is 1.84 bits per heavy atom. The van der Waals surface area contributed by atoms with Gasteiger partial charge < -0.3 is 9.88 Å². The summed E-state index contributed by atoms with van der Waals surface area (Å²) < 4.78 is 0.365. The second-order valence-electron chi connectivity index (χ2n) is 6.19. The number of H-pyrrole nitrogens is 1. The van der Waals surface area contributed by atoms with Gasteiger partial charge in [0.05, 0.1) is 10.0 Å². The molecule has 1 aliphatic heterocycles. The zero-order valence-corrected chi connectivity index (χ0v) is 16.3. The maximum absolute atomic E-state index is 12.7.